The van der Waals surface area contributed by atoms with Crippen molar-refractivity contribution in [1.82, 2.24) is 25.1 Å². The highest BCUT2D eigenvalue weighted by Gasteiger charge is 2.39. The molecule has 0 bridgehead atoms. The van der Waals surface area contributed by atoms with Gasteiger partial charge in [-0.3, -0.25) is 4.79 Å². The van der Waals surface area contributed by atoms with E-state index < -0.39 is 0 Å². The van der Waals surface area contributed by atoms with Gasteiger partial charge in [0.05, 0.1) is 17.5 Å². The van der Waals surface area contributed by atoms with Gasteiger partial charge in [-0.1, -0.05) is 0 Å². The Bertz CT molecular complexity index is 916. The topological polar surface area (TPSA) is 86.5 Å². The number of nitrogens with zero attached hydrogens (tertiary/aromatic N) is 4. The number of aryl methyl sites for hydroxylation is 1. The largest absolute Gasteiger partial charge is 0.442 e. The number of aromatic nitrogens is 2. The van der Waals surface area contributed by atoms with Crippen molar-refractivity contribution in [2.45, 2.75) is 38.4 Å². The minimum Gasteiger partial charge on any atom is -0.442 e. The van der Waals surface area contributed by atoms with Crippen LogP contribution in [0.2, 0.25) is 0 Å². The SMILES string of the molecule is Cc1oc2ncnc(NC3(C)CC3)c2c1C(=O)N1CCN2C=CNC2C1. The fraction of sp³-hybridized carbons (Fsp3) is 0.500. The summed E-state index contributed by atoms with van der Waals surface area (Å²) >= 11 is 0. The van der Waals surface area contributed by atoms with Crippen molar-refractivity contribution in [1.29, 1.82) is 0 Å². The highest BCUT2D eigenvalue weighted by atomic mass is 16.3. The average Bonchev–Trinajstić information content (AvgIpc) is 3.05. The maximum atomic E-state index is 13.3. The number of anilines is 1. The normalized spacial score (nSPS) is 23.1. The van der Waals surface area contributed by atoms with Gasteiger partial charge in [0.25, 0.3) is 5.91 Å². The lowest BCUT2D eigenvalue weighted by molar-refractivity contribution is 0.0586. The second-order valence-electron chi connectivity index (χ2n) is 7.61. The molecule has 1 unspecified atom stereocenters. The molecule has 1 amide bonds. The van der Waals surface area contributed by atoms with Gasteiger partial charge in [-0.25, -0.2) is 9.97 Å². The van der Waals surface area contributed by atoms with Gasteiger partial charge in [-0.05, 0) is 26.7 Å². The Labute approximate surface area is 151 Å². The molecule has 5 rings (SSSR count). The lowest BCUT2D eigenvalue weighted by atomic mass is 10.1. The molecule has 0 radical (unpaired) electrons. The number of piperazine rings is 1. The Morgan fingerprint density at radius 3 is 3.04 bits per heavy atom. The van der Waals surface area contributed by atoms with E-state index in [2.05, 4.69) is 32.4 Å². The highest BCUT2D eigenvalue weighted by molar-refractivity contribution is 6.10. The van der Waals surface area contributed by atoms with Gasteiger partial charge in [-0.2, -0.15) is 0 Å². The molecule has 26 heavy (non-hydrogen) atoms. The molecule has 2 aliphatic heterocycles. The van der Waals surface area contributed by atoms with Crippen LogP contribution >= 0.6 is 0 Å². The number of carbonyl (C=O) groups excluding carboxylic acids is 1. The minimum absolute atomic E-state index is 0.0200. The van der Waals surface area contributed by atoms with Crippen molar-refractivity contribution >= 4 is 22.8 Å². The number of hydrogen-bond acceptors (Lipinski definition) is 7. The Morgan fingerprint density at radius 2 is 2.23 bits per heavy atom. The van der Waals surface area contributed by atoms with Crippen LogP contribution < -0.4 is 10.6 Å². The van der Waals surface area contributed by atoms with Gasteiger partial charge >= 0.3 is 0 Å². The average molecular weight is 354 g/mol. The van der Waals surface area contributed by atoms with Gasteiger partial charge < -0.3 is 24.9 Å². The zero-order valence-electron chi connectivity index (χ0n) is 15.0. The van der Waals surface area contributed by atoms with Crippen molar-refractivity contribution < 1.29 is 9.21 Å². The predicted molar refractivity (Wildman–Crippen MR) is 96.5 cm³/mol. The number of nitrogens with one attached hydrogen (secondary N) is 2. The molecule has 2 fully saturated rings. The molecule has 2 N–H and O–H groups in total. The summed E-state index contributed by atoms with van der Waals surface area (Å²) in [6, 6.07) is 0. The van der Waals surface area contributed by atoms with Gasteiger partial charge in [0.15, 0.2) is 0 Å². The van der Waals surface area contributed by atoms with Gasteiger partial charge in [-0.15, -0.1) is 0 Å². The summed E-state index contributed by atoms with van der Waals surface area (Å²) in [6.07, 6.45) is 7.80. The first-order valence-corrected chi connectivity index (χ1v) is 9.04. The fourth-order valence-corrected chi connectivity index (χ4v) is 3.71. The third-order valence-corrected chi connectivity index (χ3v) is 5.56. The predicted octanol–water partition coefficient (Wildman–Crippen LogP) is 1.65. The van der Waals surface area contributed by atoms with E-state index >= 15 is 0 Å². The zero-order valence-corrected chi connectivity index (χ0v) is 15.0. The molecular formula is C18H22N6O2. The van der Waals surface area contributed by atoms with Gasteiger partial charge in [0.1, 0.15) is 24.1 Å². The molecule has 0 aromatic carbocycles. The third-order valence-electron chi connectivity index (χ3n) is 5.56. The van der Waals surface area contributed by atoms with E-state index in [4.69, 9.17) is 4.42 Å². The summed E-state index contributed by atoms with van der Waals surface area (Å²) in [6.45, 7) is 6.11. The Morgan fingerprint density at radius 1 is 1.38 bits per heavy atom. The number of furan rings is 1. The molecule has 136 valence electrons. The minimum atomic E-state index is -0.0200. The zero-order chi connectivity index (χ0) is 17.9. The molecule has 2 aromatic heterocycles. The number of rotatable bonds is 3. The Balaban J connectivity index is 1.51. The van der Waals surface area contributed by atoms with Crippen molar-refractivity contribution in [2.75, 3.05) is 25.0 Å². The summed E-state index contributed by atoms with van der Waals surface area (Å²) in [4.78, 5) is 26.1. The molecule has 2 aromatic rings. The molecule has 3 aliphatic rings. The Hall–Kier alpha value is -2.77. The van der Waals surface area contributed by atoms with Crippen LogP contribution in [0.25, 0.3) is 11.1 Å². The summed E-state index contributed by atoms with van der Waals surface area (Å²) < 4.78 is 5.80. The highest BCUT2D eigenvalue weighted by Crippen LogP contribution is 2.40. The summed E-state index contributed by atoms with van der Waals surface area (Å²) in [5, 5.41) is 7.45. The molecule has 1 saturated carbocycles. The van der Waals surface area contributed by atoms with Crippen LogP contribution in [0.3, 0.4) is 0 Å². The van der Waals surface area contributed by atoms with Gasteiger partial charge in [0, 0.05) is 31.0 Å². The second-order valence-corrected chi connectivity index (χ2v) is 7.61. The van der Waals surface area contributed by atoms with E-state index in [1.807, 2.05) is 24.2 Å². The van der Waals surface area contributed by atoms with Crippen LogP contribution in [-0.4, -0.2) is 57.0 Å². The molecule has 1 atom stereocenters. The van der Waals surface area contributed by atoms with E-state index in [9.17, 15) is 4.79 Å². The van der Waals surface area contributed by atoms with Crippen LogP contribution in [0.5, 0.6) is 0 Å². The monoisotopic (exact) mass is 354 g/mol. The maximum absolute atomic E-state index is 13.3. The quantitative estimate of drug-likeness (QED) is 0.867. The van der Waals surface area contributed by atoms with E-state index in [1.54, 1.807) is 0 Å². The van der Waals surface area contributed by atoms with Crippen LogP contribution in [-0.2, 0) is 0 Å². The van der Waals surface area contributed by atoms with Crippen LogP contribution in [0, 0.1) is 6.92 Å². The van der Waals surface area contributed by atoms with Crippen LogP contribution in [0.4, 0.5) is 5.82 Å². The van der Waals surface area contributed by atoms with Crippen molar-refractivity contribution in [3.05, 3.63) is 30.1 Å². The summed E-state index contributed by atoms with van der Waals surface area (Å²) in [7, 11) is 0. The van der Waals surface area contributed by atoms with Crippen LogP contribution in [0.15, 0.2) is 23.1 Å². The van der Waals surface area contributed by atoms with Crippen molar-refractivity contribution in [3.63, 3.8) is 0 Å². The van der Waals surface area contributed by atoms with Gasteiger partial charge in [0.2, 0.25) is 5.71 Å². The van der Waals surface area contributed by atoms with E-state index in [-0.39, 0.29) is 17.6 Å². The molecule has 1 aliphatic carbocycles. The molecule has 8 nitrogen and oxygen atoms in total. The van der Waals surface area contributed by atoms with E-state index in [0.717, 1.165) is 19.4 Å². The molecule has 4 heterocycles. The lowest BCUT2D eigenvalue weighted by Crippen LogP contribution is -2.55. The fourth-order valence-electron chi connectivity index (χ4n) is 3.71. The lowest BCUT2D eigenvalue weighted by Gasteiger charge is -2.37. The summed E-state index contributed by atoms with van der Waals surface area (Å²) in [5.41, 5.74) is 1.09. The third kappa shape index (κ3) is 2.40. The standard InChI is InChI=1S/C18H22N6O2/c1-11-13(17(25)24-8-7-23-6-5-19-12(23)9-24)14-15(22-18(2)3-4-18)20-10-21-16(14)26-11/h5-6,10,12,19H,3-4,7-9H2,1-2H3,(H,20,21,22). The number of hydrogen-bond donors (Lipinski definition) is 2. The molecule has 1 saturated heterocycles. The first-order valence-electron chi connectivity index (χ1n) is 9.04. The first-order chi connectivity index (χ1) is 12.5. The number of amides is 1. The van der Waals surface area contributed by atoms with E-state index in [0.29, 0.717) is 41.3 Å². The number of carbonyl (C=O) groups is 1. The molecular weight excluding hydrogens is 332 g/mol. The van der Waals surface area contributed by atoms with Crippen molar-refractivity contribution in [2.24, 2.45) is 0 Å². The van der Waals surface area contributed by atoms with E-state index in [1.165, 1.54) is 6.33 Å². The van der Waals surface area contributed by atoms with Crippen molar-refractivity contribution in [3.8, 4) is 0 Å². The van der Waals surface area contributed by atoms with Crippen LogP contribution in [0.1, 0.15) is 35.9 Å². The molecule has 0 spiro atoms. The maximum Gasteiger partial charge on any atom is 0.258 e. The summed E-state index contributed by atoms with van der Waals surface area (Å²) in [5.74, 6) is 1.26. The first kappa shape index (κ1) is 15.5. The number of fused-ring (bicyclic) bond motifs is 2. The second kappa shape index (κ2) is 5.36. The molecule has 8 heteroatoms. The Kier molecular flexibility index (Phi) is 3.19. The smallest absolute Gasteiger partial charge is 0.258 e.